The number of likely N-dealkylation sites (tertiary alicyclic amines) is 2. The van der Waals surface area contributed by atoms with Crippen LogP contribution in [0.3, 0.4) is 0 Å². The first-order valence-electron chi connectivity index (χ1n) is 12.5. The molecule has 1 aromatic heterocycles. The Labute approximate surface area is 196 Å². The largest absolute Gasteiger partial charge is 0.334 e. The molecule has 33 heavy (non-hydrogen) atoms. The first-order chi connectivity index (χ1) is 15.8. The molecule has 0 spiro atoms. The molecule has 2 aromatic rings. The van der Waals surface area contributed by atoms with E-state index in [2.05, 4.69) is 53.0 Å². The lowest BCUT2D eigenvalue weighted by Crippen LogP contribution is -2.62. The fraction of sp³-hybridized carbons (Fsp3) is 0.593. The summed E-state index contributed by atoms with van der Waals surface area (Å²) in [6.45, 7) is 6.16. The minimum atomic E-state index is -0.0533. The van der Waals surface area contributed by atoms with Crippen molar-refractivity contribution in [3.05, 3.63) is 53.3 Å². The van der Waals surface area contributed by atoms with Gasteiger partial charge in [0.05, 0.1) is 17.8 Å². The molecule has 3 aliphatic rings. The summed E-state index contributed by atoms with van der Waals surface area (Å²) >= 11 is 0. The Balaban J connectivity index is 1.60. The van der Waals surface area contributed by atoms with Gasteiger partial charge in [0.1, 0.15) is 5.69 Å². The fourth-order valence-corrected chi connectivity index (χ4v) is 7.16. The van der Waals surface area contributed by atoms with Gasteiger partial charge >= 0.3 is 0 Å². The molecule has 1 aliphatic carbocycles. The summed E-state index contributed by atoms with van der Waals surface area (Å²) in [5.74, 6) is 0.216. The van der Waals surface area contributed by atoms with Gasteiger partial charge in [0.15, 0.2) is 0 Å². The fourth-order valence-electron chi connectivity index (χ4n) is 7.16. The number of aryl methyl sites for hydroxylation is 2. The van der Waals surface area contributed by atoms with Gasteiger partial charge < -0.3 is 9.80 Å². The molecule has 2 saturated heterocycles. The van der Waals surface area contributed by atoms with E-state index in [1.807, 2.05) is 19.2 Å². The first-order valence-corrected chi connectivity index (χ1v) is 12.5. The Kier molecular flexibility index (Phi) is 5.58. The van der Waals surface area contributed by atoms with Crippen molar-refractivity contribution >= 4 is 11.8 Å². The van der Waals surface area contributed by atoms with Gasteiger partial charge in [0.25, 0.3) is 5.91 Å². The number of carbonyl (C=O) groups excluding carboxylic acids is 2. The summed E-state index contributed by atoms with van der Waals surface area (Å²) in [5.41, 5.74) is 2.80. The van der Waals surface area contributed by atoms with Crippen molar-refractivity contribution in [1.29, 1.82) is 0 Å². The third kappa shape index (κ3) is 3.49. The number of rotatable bonds is 5. The quantitative estimate of drug-likeness (QED) is 0.695. The standard InChI is InChI=1S/C27H36N4O2/c1-5-10-20-16-22(29(4)28-20)26(33)31-21(15-19-11-7-6-8-12-19)23-17-27(3)24(30(23)18(2)32)13-9-14-25(27)31/h6-8,11-12,16,21,23-25H,5,9-10,13-15,17H2,1-4H3/t21-,23-,24-,25+,27-/m0/s1. The maximum atomic E-state index is 14.2. The van der Waals surface area contributed by atoms with Crippen molar-refractivity contribution in [3.63, 3.8) is 0 Å². The zero-order valence-electron chi connectivity index (χ0n) is 20.3. The molecular formula is C27H36N4O2. The highest BCUT2D eigenvalue weighted by molar-refractivity contribution is 5.93. The Morgan fingerprint density at radius 1 is 1.12 bits per heavy atom. The molecule has 2 bridgehead atoms. The van der Waals surface area contributed by atoms with E-state index in [1.165, 1.54) is 5.56 Å². The van der Waals surface area contributed by atoms with E-state index in [9.17, 15) is 9.59 Å². The first kappa shape index (κ1) is 22.2. The Morgan fingerprint density at radius 3 is 2.48 bits per heavy atom. The van der Waals surface area contributed by atoms with Gasteiger partial charge in [0, 0.05) is 31.5 Å². The normalized spacial score (nSPS) is 30.5. The lowest BCUT2D eigenvalue weighted by atomic mass is 9.64. The number of aromatic nitrogens is 2. The summed E-state index contributed by atoms with van der Waals surface area (Å²) in [6, 6.07) is 12.8. The minimum absolute atomic E-state index is 0.0329. The number of amides is 2. The van der Waals surface area contributed by atoms with Gasteiger partial charge in [-0.2, -0.15) is 5.10 Å². The highest BCUT2D eigenvalue weighted by Gasteiger charge is 2.64. The minimum Gasteiger partial charge on any atom is -0.334 e. The maximum Gasteiger partial charge on any atom is 0.272 e. The van der Waals surface area contributed by atoms with E-state index >= 15 is 0 Å². The van der Waals surface area contributed by atoms with Crippen LogP contribution in [0.4, 0.5) is 0 Å². The van der Waals surface area contributed by atoms with E-state index in [4.69, 9.17) is 0 Å². The molecule has 5 rings (SSSR count). The predicted octanol–water partition coefficient (Wildman–Crippen LogP) is 3.99. The van der Waals surface area contributed by atoms with Crippen LogP contribution in [-0.4, -0.2) is 55.6 Å². The zero-order valence-corrected chi connectivity index (χ0v) is 20.3. The second-order valence-electron chi connectivity index (χ2n) is 10.5. The molecule has 0 N–H and O–H groups in total. The third-order valence-electron chi connectivity index (χ3n) is 8.50. The third-order valence-corrected chi connectivity index (χ3v) is 8.50. The second kappa shape index (κ2) is 8.30. The van der Waals surface area contributed by atoms with Crippen LogP contribution in [0.25, 0.3) is 0 Å². The van der Waals surface area contributed by atoms with Gasteiger partial charge in [-0.3, -0.25) is 14.3 Å². The van der Waals surface area contributed by atoms with Crippen LogP contribution < -0.4 is 0 Å². The van der Waals surface area contributed by atoms with Crippen molar-refractivity contribution in [2.24, 2.45) is 12.5 Å². The van der Waals surface area contributed by atoms with Crippen LogP contribution in [0.2, 0.25) is 0 Å². The molecule has 1 aromatic carbocycles. The van der Waals surface area contributed by atoms with Crippen LogP contribution in [0.5, 0.6) is 0 Å². The molecule has 2 aliphatic heterocycles. The van der Waals surface area contributed by atoms with E-state index in [1.54, 1.807) is 11.6 Å². The number of hydrogen-bond donors (Lipinski definition) is 0. The van der Waals surface area contributed by atoms with Gasteiger partial charge in [-0.05, 0) is 50.2 Å². The molecule has 6 nitrogen and oxygen atoms in total. The molecule has 1 saturated carbocycles. The van der Waals surface area contributed by atoms with Gasteiger partial charge in [-0.15, -0.1) is 0 Å². The number of fused-ring (bicyclic) bond motifs is 1. The summed E-state index contributed by atoms with van der Waals surface area (Å²) in [5, 5.41) is 4.62. The van der Waals surface area contributed by atoms with Gasteiger partial charge in [0.2, 0.25) is 5.91 Å². The van der Waals surface area contributed by atoms with Crippen molar-refractivity contribution in [3.8, 4) is 0 Å². The van der Waals surface area contributed by atoms with Crippen molar-refractivity contribution in [2.45, 2.75) is 89.9 Å². The predicted molar refractivity (Wildman–Crippen MR) is 128 cm³/mol. The number of nitrogens with zero attached hydrogens (tertiary/aromatic N) is 4. The van der Waals surface area contributed by atoms with Gasteiger partial charge in [-0.1, -0.05) is 50.6 Å². The highest BCUT2D eigenvalue weighted by Crippen LogP contribution is 2.56. The van der Waals surface area contributed by atoms with E-state index in [-0.39, 0.29) is 41.4 Å². The maximum absolute atomic E-state index is 14.2. The summed E-state index contributed by atoms with van der Waals surface area (Å²) in [7, 11) is 1.88. The second-order valence-corrected chi connectivity index (χ2v) is 10.5. The number of carbonyl (C=O) groups is 2. The van der Waals surface area contributed by atoms with Crippen LogP contribution in [-0.2, 0) is 24.7 Å². The van der Waals surface area contributed by atoms with Crippen LogP contribution >= 0.6 is 0 Å². The average molecular weight is 449 g/mol. The van der Waals surface area contributed by atoms with E-state index < -0.39 is 0 Å². The lowest BCUT2D eigenvalue weighted by molar-refractivity contribution is -0.133. The molecule has 0 radical (unpaired) electrons. The molecule has 3 heterocycles. The Morgan fingerprint density at radius 2 is 1.82 bits per heavy atom. The SMILES string of the molecule is CCCc1cc(C(=O)N2[C@@H](Cc3ccccc3)[C@@H]3C[C@@]4(C)[C@H](CCC[C@@H]24)N3C(C)=O)n(C)n1. The van der Waals surface area contributed by atoms with Crippen LogP contribution in [0.1, 0.15) is 74.6 Å². The number of piperidine rings is 1. The summed E-state index contributed by atoms with van der Waals surface area (Å²) in [6.07, 6.45) is 6.71. The van der Waals surface area contributed by atoms with Crippen LogP contribution in [0.15, 0.2) is 36.4 Å². The molecule has 3 fully saturated rings. The van der Waals surface area contributed by atoms with Crippen LogP contribution in [0, 0.1) is 5.41 Å². The Hall–Kier alpha value is -2.63. The van der Waals surface area contributed by atoms with E-state index in [0.29, 0.717) is 5.69 Å². The zero-order chi connectivity index (χ0) is 23.3. The number of hydrogen-bond acceptors (Lipinski definition) is 3. The van der Waals surface area contributed by atoms with Crippen molar-refractivity contribution in [2.75, 3.05) is 0 Å². The highest BCUT2D eigenvalue weighted by atomic mass is 16.2. The lowest BCUT2D eigenvalue weighted by Gasteiger charge is -2.53. The molecule has 2 amide bonds. The van der Waals surface area contributed by atoms with Gasteiger partial charge in [-0.25, -0.2) is 0 Å². The molecule has 0 unspecified atom stereocenters. The Bertz CT molecular complexity index is 1050. The summed E-state index contributed by atoms with van der Waals surface area (Å²) in [4.78, 5) is 31.5. The monoisotopic (exact) mass is 448 g/mol. The van der Waals surface area contributed by atoms with E-state index in [0.717, 1.165) is 50.6 Å². The smallest absolute Gasteiger partial charge is 0.272 e. The number of benzene rings is 1. The van der Waals surface area contributed by atoms with Crippen molar-refractivity contribution < 1.29 is 9.59 Å². The summed E-state index contributed by atoms with van der Waals surface area (Å²) < 4.78 is 1.76. The average Bonchev–Trinajstić information content (AvgIpc) is 3.30. The topological polar surface area (TPSA) is 58.4 Å². The van der Waals surface area contributed by atoms with Crippen molar-refractivity contribution in [1.82, 2.24) is 19.6 Å². The molecule has 6 heteroatoms. The molecule has 5 atom stereocenters. The molecular weight excluding hydrogens is 412 g/mol. The molecule has 176 valence electrons.